The first-order valence-electron chi connectivity index (χ1n) is 5.33. The van der Waals surface area contributed by atoms with E-state index in [1.54, 1.807) is 0 Å². The van der Waals surface area contributed by atoms with E-state index in [4.69, 9.17) is 10.8 Å². The van der Waals surface area contributed by atoms with Crippen LogP contribution in [-0.4, -0.2) is 66.7 Å². The average Bonchev–Trinajstić information content (AvgIpc) is 2.16. The van der Waals surface area contributed by atoms with Crippen molar-refractivity contribution in [2.75, 3.05) is 40.3 Å². The van der Waals surface area contributed by atoms with Gasteiger partial charge < -0.3 is 20.6 Å². The number of rotatable bonds is 4. The van der Waals surface area contributed by atoms with Gasteiger partial charge in [-0.15, -0.1) is 0 Å². The van der Waals surface area contributed by atoms with E-state index in [1.165, 1.54) is 0 Å². The minimum absolute atomic E-state index is 0.551. The van der Waals surface area contributed by atoms with Gasteiger partial charge in [-0.3, -0.25) is 4.79 Å². The molecule has 5 nitrogen and oxygen atoms in total. The molecule has 1 heterocycles. The van der Waals surface area contributed by atoms with Gasteiger partial charge in [0.2, 0.25) is 0 Å². The molecule has 3 N–H and O–H groups in total. The summed E-state index contributed by atoms with van der Waals surface area (Å²) in [4.78, 5) is 15.3. The molecule has 0 spiro atoms. The molecule has 88 valence electrons. The van der Waals surface area contributed by atoms with Gasteiger partial charge in [-0.2, -0.15) is 0 Å². The Hall–Kier alpha value is -0.650. The fourth-order valence-corrected chi connectivity index (χ4v) is 1.73. The maximum atomic E-state index is 10.9. The van der Waals surface area contributed by atoms with E-state index in [-0.39, 0.29) is 0 Å². The van der Waals surface area contributed by atoms with Gasteiger partial charge in [-0.1, -0.05) is 0 Å². The van der Waals surface area contributed by atoms with Crippen molar-refractivity contribution < 1.29 is 9.90 Å². The highest BCUT2D eigenvalue weighted by atomic mass is 16.4. The van der Waals surface area contributed by atoms with Crippen LogP contribution >= 0.6 is 0 Å². The molecule has 15 heavy (non-hydrogen) atoms. The fourth-order valence-electron chi connectivity index (χ4n) is 1.73. The second-order valence-electron chi connectivity index (χ2n) is 4.61. The van der Waals surface area contributed by atoms with E-state index in [0.717, 1.165) is 26.2 Å². The Kier molecular flexibility index (Phi) is 4.07. The van der Waals surface area contributed by atoms with Gasteiger partial charge in [0.05, 0.1) is 0 Å². The Morgan fingerprint density at radius 3 is 2.40 bits per heavy atom. The first-order valence-corrected chi connectivity index (χ1v) is 5.33. The van der Waals surface area contributed by atoms with Gasteiger partial charge in [0, 0.05) is 26.2 Å². The van der Waals surface area contributed by atoms with Gasteiger partial charge in [0.1, 0.15) is 5.54 Å². The fraction of sp³-hybridized carbons (Fsp3) is 0.900. The number of aliphatic carboxylic acids is 1. The molecular weight excluding hydrogens is 194 g/mol. The van der Waals surface area contributed by atoms with Crippen LogP contribution in [0.5, 0.6) is 0 Å². The van der Waals surface area contributed by atoms with Crippen LogP contribution in [0.1, 0.15) is 12.8 Å². The van der Waals surface area contributed by atoms with Gasteiger partial charge >= 0.3 is 5.97 Å². The van der Waals surface area contributed by atoms with Crippen LogP contribution in [0.2, 0.25) is 0 Å². The van der Waals surface area contributed by atoms with E-state index < -0.39 is 11.5 Å². The van der Waals surface area contributed by atoms with Crippen molar-refractivity contribution >= 4 is 5.97 Å². The topological polar surface area (TPSA) is 69.8 Å². The Labute approximate surface area is 90.8 Å². The summed E-state index contributed by atoms with van der Waals surface area (Å²) >= 11 is 0. The molecule has 0 atom stereocenters. The van der Waals surface area contributed by atoms with Crippen LogP contribution < -0.4 is 5.73 Å². The van der Waals surface area contributed by atoms with E-state index in [2.05, 4.69) is 9.80 Å². The van der Waals surface area contributed by atoms with E-state index in [0.29, 0.717) is 12.8 Å². The number of hydrogen-bond acceptors (Lipinski definition) is 4. The summed E-state index contributed by atoms with van der Waals surface area (Å²) in [5.41, 5.74) is 4.79. The predicted octanol–water partition coefficient (Wildman–Crippen LogP) is -0.574. The van der Waals surface area contributed by atoms with Gasteiger partial charge in [0.15, 0.2) is 0 Å². The van der Waals surface area contributed by atoms with Crippen LogP contribution in [0.4, 0.5) is 0 Å². The summed E-state index contributed by atoms with van der Waals surface area (Å²) in [5, 5.41) is 8.95. The standard InChI is InChI=1S/C10H21N3O2/c1-12(2)7-8-13-5-3-10(11,4-6-13)9(14)15/h3-8,11H2,1-2H3,(H,14,15). The second-order valence-corrected chi connectivity index (χ2v) is 4.61. The van der Waals surface area contributed by atoms with Crippen molar-refractivity contribution in [2.24, 2.45) is 5.73 Å². The number of nitrogens with zero attached hydrogens (tertiary/aromatic N) is 2. The molecule has 0 aliphatic carbocycles. The zero-order valence-corrected chi connectivity index (χ0v) is 9.57. The number of carboxylic acid groups (broad SMARTS) is 1. The van der Waals surface area contributed by atoms with Crippen LogP contribution in [0.25, 0.3) is 0 Å². The smallest absolute Gasteiger partial charge is 0.323 e. The van der Waals surface area contributed by atoms with Crippen LogP contribution in [0.3, 0.4) is 0 Å². The average molecular weight is 215 g/mol. The molecule has 0 amide bonds. The highest BCUT2D eigenvalue weighted by Gasteiger charge is 2.37. The maximum Gasteiger partial charge on any atom is 0.323 e. The number of piperidine rings is 1. The van der Waals surface area contributed by atoms with Crippen molar-refractivity contribution in [1.82, 2.24) is 9.80 Å². The molecular formula is C10H21N3O2. The van der Waals surface area contributed by atoms with Gasteiger partial charge in [0.25, 0.3) is 0 Å². The zero-order valence-electron chi connectivity index (χ0n) is 9.57. The summed E-state index contributed by atoms with van der Waals surface area (Å²) in [7, 11) is 4.07. The molecule has 5 heteroatoms. The molecule has 1 saturated heterocycles. The highest BCUT2D eigenvalue weighted by Crippen LogP contribution is 2.19. The SMILES string of the molecule is CN(C)CCN1CCC(N)(C(=O)O)CC1. The molecule has 0 unspecified atom stereocenters. The van der Waals surface area contributed by atoms with Crippen molar-refractivity contribution in [3.05, 3.63) is 0 Å². The van der Waals surface area contributed by atoms with Crippen LogP contribution in [-0.2, 0) is 4.79 Å². The number of likely N-dealkylation sites (tertiary alicyclic amines) is 1. The molecule has 1 rings (SSSR count). The predicted molar refractivity (Wildman–Crippen MR) is 58.8 cm³/mol. The second kappa shape index (κ2) is 4.92. The summed E-state index contributed by atoms with van der Waals surface area (Å²) in [6.07, 6.45) is 1.10. The Morgan fingerprint density at radius 2 is 2.00 bits per heavy atom. The lowest BCUT2D eigenvalue weighted by Crippen LogP contribution is -2.56. The number of nitrogens with two attached hydrogens (primary N) is 1. The molecule has 0 aromatic rings. The summed E-state index contributed by atoms with van der Waals surface area (Å²) < 4.78 is 0. The first-order chi connectivity index (χ1) is 6.94. The summed E-state index contributed by atoms with van der Waals surface area (Å²) in [6.45, 7) is 3.57. The molecule has 0 aromatic heterocycles. The summed E-state index contributed by atoms with van der Waals surface area (Å²) in [6, 6.07) is 0. The number of carbonyl (C=O) groups is 1. The Morgan fingerprint density at radius 1 is 1.47 bits per heavy atom. The largest absolute Gasteiger partial charge is 0.480 e. The minimum atomic E-state index is -0.991. The molecule has 0 saturated carbocycles. The normalized spacial score (nSPS) is 21.9. The third-order valence-corrected chi connectivity index (χ3v) is 3.04. The molecule has 0 radical (unpaired) electrons. The van der Waals surface area contributed by atoms with Crippen LogP contribution in [0, 0.1) is 0 Å². The third-order valence-electron chi connectivity index (χ3n) is 3.04. The number of likely N-dealkylation sites (N-methyl/N-ethyl adjacent to an activating group) is 1. The molecule has 1 aliphatic heterocycles. The van der Waals surface area contributed by atoms with E-state index in [1.807, 2.05) is 14.1 Å². The molecule has 1 fully saturated rings. The molecule has 1 aliphatic rings. The lowest BCUT2D eigenvalue weighted by Gasteiger charge is -2.36. The number of carboxylic acids is 1. The molecule has 0 aromatic carbocycles. The zero-order chi connectivity index (χ0) is 11.5. The van der Waals surface area contributed by atoms with Crippen molar-refractivity contribution in [3.63, 3.8) is 0 Å². The maximum absolute atomic E-state index is 10.9. The number of hydrogen-bond donors (Lipinski definition) is 2. The van der Waals surface area contributed by atoms with Crippen LogP contribution in [0.15, 0.2) is 0 Å². The van der Waals surface area contributed by atoms with Gasteiger partial charge in [-0.25, -0.2) is 0 Å². The van der Waals surface area contributed by atoms with Crippen molar-refractivity contribution in [3.8, 4) is 0 Å². The monoisotopic (exact) mass is 215 g/mol. The van der Waals surface area contributed by atoms with Crippen molar-refractivity contribution in [1.29, 1.82) is 0 Å². The third kappa shape index (κ3) is 3.44. The Bertz CT molecular complexity index is 223. The first kappa shape index (κ1) is 12.4. The minimum Gasteiger partial charge on any atom is -0.480 e. The van der Waals surface area contributed by atoms with E-state index >= 15 is 0 Å². The quantitative estimate of drug-likeness (QED) is 0.657. The van der Waals surface area contributed by atoms with Crippen molar-refractivity contribution in [2.45, 2.75) is 18.4 Å². The summed E-state index contributed by atoms with van der Waals surface area (Å²) in [5.74, 6) is -0.866. The van der Waals surface area contributed by atoms with Gasteiger partial charge in [-0.05, 0) is 26.9 Å². The van der Waals surface area contributed by atoms with E-state index in [9.17, 15) is 4.79 Å². The Balaban J connectivity index is 2.32. The lowest BCUT2D eigenvalue weighted by molar-refractivity contribution is -0.145. The molecule has 0 bridgehead atoms. The highest BCUT2D eigenvalue weighted by molar-refractivity contribution is 5.78. The lowest BCUT2D eigenvalue weighted by atomic mass is 9.89.